The Morgan fingerprint density at radius 2 is 1.81 bits per heavy atom. The third-order valence-electron chi connectivity index (χ3n) is 3.84. The van der Waals surface area contributed by atoms with Gasteiger partial charge in [-0.2, -0.15) is 0 Å². The highest BCUT2D eigenvalue weighted by Gasteiger charge is 2.36. The number of fused-ring (bicyclic) bond motifs is 1. The van der Waals surface area contributed by atoms with Gasteiger partial charge >= 0.3 is 0 Å². The number of aryl methyl sites for hydroxylation is 1. The first kappa shape index (κ1) is 13.9. The van der Waals surface area contributed by atoms with Crippen LogP contribution in [0.4, 0.5) is 11.4 Å². The second kappa shape index (κ2) is 4.77. The molecule has 0 bridgehead atoms. The van der Waals surface area contributed by atoms with Crippen molar-refractivity contribution in [3.8, 4) is 0 Å². The van der Waals surface area contributed by atoms with E-state index < -0.39 is 10.0 Å². The van der Waals surface area contributed by atoms with Crippen LogP contribution in [0.5, 0.6) is 0 Å². The third-order valence-corrected chi connectivity index (χ3v) is 5.78. The summed E-state index contributed by atoms with van der Waals surface area (Å²) < 4.78 is 27.3. The van der Waals surface area contributed by atoms with Crippen molar-refractivity contribution < 1.29 is 8.42 Å². The highest BCUT2D eigenvalue weighted by atomic mass is 32.2. The van der Waals surface area contributed by atoms with Gasteiger partial charge in [0.25, 0.3) is 10.0 Å². The number of hydrogen-bond acceptors (Lipinski definition) is 3. The smallest absolute Gasteiger partial charge is 0.264 e. The van der Waals surface area contributed by atoms with Crippen LogP contribution in [0.15, 0.2) is 47.4 Å². The molecule has 1 atom stereocenters. The van der Waals surface area contributed by atoms with Gasteiger partial charge < -0.3 is 5.73 Å². The summed E-state index contributed by atoms with van der Waals surface area (Å²) >= 11 is 0. The Balaban J connectivity index is 2.12. The lowest BCUT2D eigenvalue weighted by Crippen LogP contribution is -2.35. The van der Waals surface area contributed by atoms with Crippen LogP contribution in [-0.2, 0) is 16.4 Å². The number of benzene rings is 2. The molecule has 0 spiro atoms. The van der Waals surface area contributed by atoms with E-state index in [9.17, 15) is 8.42 Å². The van der Waals surface area contributed by atoms with Crippen LogP contribution in [0, 0.1) is 6.92 Å². The Morgan fingerprint density at radius 3 is 2.48 bits per heavy atom. The summed E-state index contributed by atoms with van der Waals surface area (Å²) in [6.45, 7) is 3.85. The Morgan fingerprint density at radius 1 is 1.14 bits per heavy atom. The van der Waals surface area contributed by atoms with Crippen molar-refractivity contribution in [2.45, 2.75) is 31.2 Å². The predicted molar refractivity (Wildman–Crippen MR) is 84.9 cm³/mol. The lowest BCUT2D eigenvalue weighted by Gasteiger charge is -2.24. The second-order valence-electron chi connectivity index (χ2n) is 5.56. The van der Waals surface area contributed by atoms with Crippen molar-refractivity contribution in [2.75, 3.05) is 10.0 Å². The number of anilines is 2. The molecular formula is C16H18N2O2S. The molecular weight excluding hydrogens is 284 g/mol. The van der Waals surface area contributed by atoms with E-state index in [4.69, 9.17) is 5.73 Å². The Hall–Kier alpha value is -2.01. The van der Waals surface area contributed by atoms with Crippen LogP contribution in [0.2, 0.25) is 0 Å². The number of nitrogens with zero attached hydrogens (tertiary/aromatic N) is 1. The largest absolute Gasteiger partial charge is 0.399 e. The van der Waals surface area contributed by atoms with E-state index >= 15 is 0 Å². The number of nitrogen functional groups attached to an aromatic ring is 1. The van der Waals surface area contributed by atoms with E-state index in [1.165, 1.54) is 4.31 Å². The molecule has 3 rings (SSSR count). The molecule has 1 heterocycles. The van der Waals surface area contributed by atoms with Gasteiger partial charge in [-0.25, -0.2) is 8.42 Å². The van der Waals surface area contributed by atoms with Gasteiger partial charge in [-0.1, -0.05) is 23.8 Å². The highest BCUT2D eigenvalue weighted by Crippen LogP contribution is 2.37. The number of sulfonamides is 1. The zero-order chi connectivity index (χ0) is 15.2. The summed E-state index contributed by atoms with van der Waals surface area (Å²) in [6.07, 6.45) is 0.709. The first-order chi connectivity index (χ1) is 9.89. The Labute approximate surface area is 125 Å². The molecule has 5 heteroatoms. The summed E-state index contributed by atoms with van der Waals surface area (Å²) in [5.74, 6) is 0. The molecule has 2 aromatic rings. The molecule has 0 aliphatic carbocycles. The molecule has 2 aromatic carbocycles. The maximum Gasteiger partial charge on any atom is 0.264 e. The Kier molecular flexibility index (Phi) is 3.17. The van der Waals surface area contributed by atoms with Gasteiger partial charge in [0.15, 0.2) is 0 Å². The maximum absolute atomic E-state index is 12.9. The first-order valence-electron chi connectivity index (χ1n) is 6.89. The van der Waals surface area contributed by atoms with Crippen molar-refractivity contribution in [1.82, 2.24) is 0 Å². The standard InChI is InChI=1S/C16H18N2O2S/c1-11-3-7-15(8-4-11)21(19,20)18-12(2)9-13-5-6-14(17)10-16(13)18/h3-8,10,12H,9,17H2,1-2H3/t12-/m0/s1. The zero-order valence-electron chi connectivity index (χ0n) is 12.1. The normalized spacial score (nSPS) is 17.8. The van der Waals surface area contributed by atoms with Crippen molar-refractivity contribution >= 4 is 21.4 Å². The highest BCUT2D eigenvalue weighted by molar-refractivity contribution is 7.92. The molecule has 0 radical (unpaired) electrons. The van der Waals surface area contributed by atoms with Crippen molar-refractivity contribution in [2.24, 2.45) is 0 Å². The molecule has 110 valence electrons. The molecule has 0 amide bonds. The molecule has 0 unspecified atom stereocenters. The van der Waals surface area contributed by atoms with Crippen molar-refractivity contribution in [3.05, 3.63) is 53.6 Å². The van der Waals surface area contributed by atoms with Gasteiger partial charge in [-0.3, -0.25) is 4.31 Å². The van der Waals surface area contributed by atoms with Crippen LogP contribution < -0.4 is 10.0 Å². The monoisotopic (exact) mass is 302 g/mol. The average Bonchev–Trinajstić information content (AvgIpc) is 2.75. The quantitative estimate of drug-likeness (QED) is 0.868. The molecule has 4 nitrogen and oxygen atoms in total. The van der Waals surface area contributed by atoms with E-state index in [0.717, 1.165) is 11.1 Å². The van der Waals surface area contributed by atoms with E-state index in [1.54, 1.807) is 18.2 Å². The summed E-state index contributed by atoms with van der Waals surface area (Å²) in [6, 6.07) is 12.3. The predicted octanol–water partition coefficient (Wildman–Crippen LogP) is 2.72. The van der Waals surface area contributed by atoms with Crippen LogP contribution in [0.1, 0.15) is 18.1 Å². The van der Waals surface area contributed by atoms with Crippen LogP contribution in [-0.4, -0.2) is 14.5 Å². The van der Waals surface area contributed by atoms with Gasteiger partial charge in [-0.15, -0.1) is 0 Å². The van der Waals surface area contributed by atoms with Crippen LogP contribution >= 0.6 is 0 Å². The number of rotatable bonds is 2. The Bertz CT molecular complexity index is 782. The average molecular weight is 302 g/mol. The second-order valence-corrected chi connectivity index (χ2v) is 7.37. The molecule has 2 N–H and O–H groups in total. The fraction of sp³-hybridized carbons (Fsp3) is 0.250. The molecule has 0 saturated heterocycles. The molecule has 1 aliphatic rings. The summed E-state index contributed by atoms with van der Waals surface area (Å²) in [7, 11) is -3.56. The minimum atomic E-state index is -3.56. The lowest BCUT2D eigenvalue weighted by molar-refractivity contribution is 0.584. The first-order valence-corrected chi connectivity index (χ1v) is 8.33. The van der Waals surface area contributed by atoms with E-state index in [1.807, 2.05) is 38.1 Å². The van der Waals surface area contributed by atoms with Crippen LogP contribution in [0.3, 0.4) is 0 Å². The van der Waals surface area contributed by atoms with Gasteiger partial charge in [0.2, 0.25) is 0 Å². The third kappa shape index (κ3) is 2.27. The van der Waals surface area contributed by atoms with E-state index in [-0.39, 0.29) is 6.04 Å². The van der Waals surface area contributed by atoms with Gasteiger partial charge in [-0.05, 0) is 50.1 Å². The minimum absolute atomic E-state index is 0.104. The minimum Gasteiger partial charge on any atom is -0.399 e. The molecule has 1 aliphatic heterocycles. The zero-order valence-corrected chi connectivity index (χ0v) is 12.9. The molecule has 21 heavy (non-hydrogen) atoms. The number of hydrogen-bond donors (Lipinski definition) is 1. The summed E-state index contributed by atoms with van der Waals surface area (Å²) in [4.78, 5) is 0.315. The van der Waals surface area contributed by atoms with E-state index in [2.05, 4.69) is 0 Å². The molecule has 0 aromatic heterocycles. The maximum atomic E-state index is 12.9. The van der Waals surface area contributed by atoms with Gasteiger partial charge in [0, 0.05) is 11.7 Å². The topological polar surface area (TPSA) is 63.4 Å². The van der Waals surface area contributed by atoms with Gasteiger partial charge in [0.05, 0.1) is 10.6 Å². The fourth-order valence-corrected chi connectivity index (χ4v) is 4.47. The summed E-state index contributed by atoms with van der Waals surface area (Å²) in [5, 5.41) is 0. The van der Waals surface area contributed by atoms with Gasteiger partial charge in [0.1, 0.15) is 0 Å². The molecule has 0 saturated carbocycles. The SMILES string of the molecule is Cc1ccc(S(=O)(=O)N2c3cc(N)ccc3C[C@@H]2C)cc1. The summed E-state index contributed by atoms with van der Waals surface area (Å²) in [5.41, 5.74) is 9.15. The molecule has 0 fully saturated rings. The fourth-order valence-electron chi connectivity index (χ4n) is 2.79. The number of nitrogens with two attached hydrogens (primary N) is 1. The van der Waals surface area contributed by atoms with Crippen molar-refractivity contribution in [3.63, 3.8) is 0 Å². The van der Waals surface area contributed by atoms with Crippen LogP contribution in [0.25, 0.3) is 0 Å². The lowest BCUT2D eigenvalue weighted by atomic mass is 10.1. The van der Waals surface area contributed by atoms with E-state index in [0.29, 0.717) is 22.7 Å². The van der Waals surface area contributed by atoms with Crippen molar-refractivity contribution in [1.29, 1.82) is 0 Å².